The summed E-state index contributed by atoms with van der Waals surface area (Å²) < 4.78 is 7.22. The van der Waals surface area contributed by atoms with Crippen LogP contribution in [0.5, 0.6) is 5.75 Å². The fourth-order valence-corrected chi connectivity index (χ4v) is 2.45. The molecule has 2 aromatic rings. The molecule has 0 spiro atoms. The molecule has 9 nitrogen and oxygen atoms in total. The molecular weight excluding hydrogens is 348 g/mol. The Morgan fingerprint density at radius 2 is 2.19 bits per heavy atom. The van der Waals surface area contributed by atoms with E-state index in [-0.39, 0.29) is 5.69 Å². The van der Waals surface area contributed by atoms with Crippen molar-refractivity contribution in [2.24, 2.45) is 4.99 Å². The first-order valence-corrected chi connectivity index (χ1v) is 8.94. The Labute approximate surface area is 158 Å². The summed E-state index contributed by atoms with van der Waals surface area (Å²) in [4.78, 5) is 14.8. The molecule has 27 heavy (non-hydrogen) atoms. The summed E-state index contributed by atoms with van der Waals surface area (Å²) in [7, 11) is 0. The van der Waals surface area contributed by atoms with Crippen LogP contribution in [-0.2, 0) is 13.1 Å². The van der Waals surface area contributed by atoms with E-state index in [1.165, 1.54) is 17.1 Å². The number of hydrogen-bond donors (Lipinski definition) is 2. The molecule has 2 rings (SSSR count). The summed E-state index contributed by atoms with van der Waals surface area (Å²) in [6, 6.07) is 6.08. The first kappa shape index (κ1) is 20.2. The molecule has 0 fully saturated rings. The van der Waals surface area contributed by atoms with Crippen molar-refractivity contribution in [3.63, 3.8) is 0 Å². The van der Waals surface area contributed by atoms with Gasteiger partial charge >= 0.3 is 5.69 Å². The molecule has 0 aliphatic heterocycles. The number of aliphatic imine (C=N–C) groups is 1. The number of nitrogens with zero attached hydrogens (tertiary/aromatic N) is 4. The van der Waals surface area contributed by atoms with Crippen molar-refractivity contribution in [1.29, 1.82) is 0 Å². The van der Waals surface area contributed by atoms with Gasteiger partial charge in [0.15, 0.2) is 5.96 Å². The zero-order valence-corrected chi connectivity index (χ0v) is 15.9. The molecular formula is C18H26N6O3. The predicted molar refractivity (Wildman–Crippen MR) is 104 cm³/mol. The second-order valence-corrected chi connectivity index (χ2v) is 5.88. The average molecular weight is 374 g/mol. The Bertz CT molecular complexity index is 787. The van der Waals surface area contributed by atoms with Gasteiger partial charge in [0.05, 0.1) is 24.6 Å². The minimum Gasteiger partial charge on any atom is -0.494 e. The summed E-state index contributed by atoms with van der Waals surface area (Å²) in [5.41, 5.74) is 2.14. The van der Waals surface area contributed by atoms with Gasteiger partial charge in [-0.05, 0) is 32.4 Å². The third-order valence-electron chi connectivity index (χ3n) is 3.74. The molecule has 0 aliphatic rings. The Hall–Kier alpha value is -3.10. The first-order chi connectivity index (χ1) is 13.0. The van der Waals surface area contributed by atoms with Crippen molar-refractivity contribution in [3.8, 4) is 5.75 Å². The fourth-order valence-electron chi connectivity index (χ4n) is 2.45. The van der Waals surface area contributed by atoms with Crippen LogP contribution in [0.25, 0.3) is 0 Å². The highest BCUT2D eigenvalue weighted by Gasteiger charge is 2.08. The lowest BCUT2D eigenvalue weighted by molar-refractivity contribution is -0.385. The van der Waals surface area contributed by atoms with E-state index < -0.39 is 4.92 Å². The molecule has 146 valence electrons. The summed E-state index contributed by atoms with van der Waals surface area (Å²) in [6.45, 7) is 8.83. The van der Waals surface area contributed by atoms with Crippen LogP contribution in [0.2, 0.25) is 0 Å². The number of aryl methyl sites for hydroxylation is 1. The number of aromatic nitrogens is 2. The maximum Gasteiger partial charge on any atom is 0.306 e. The number of benzene rings is 1. The molecule has 1 aromatic carbocycles. The van der Waals surface area contributed by atoms with Gasteiger partial charge in [-0.25, -0.2) is 4.99 Å². The highest BCUT2D eigenvalue weighted by atomic mass is 16.6. The number of nitro groups is 1. The number of guanidine groups is 1. The number of nitrogens with one attached hydrogen (secondary N) is 2. The minimum atomic E-state index is -0.458. The van der Waals surface area contributed by atoms with E-state index >= 15 is 0 Å². The maximum atomic E-state index is 10.7. The maximum absolute atomic E-state index is 10.7. The molecule has 0 bridgehead atoms. The molecule has 0 aliphatic carbocycles. The quantitative estimate of drug-likeness (QED) is 0.302. The largest absolute Gasteiger partial charge is 0.494 e. The van der Waals surface area contributed by atoms with Crippen LogP contribution in [0.15, 0.2) is 35.6 Å². The van der Waals surface area contributed by atoms with Crippen molar-refractivity contribution >= 4 is 11.6 Å². The molecule has 0 atom stereocenters. The van der Waals surface area contributed by atoms with Crippen molar-refractivity contribution in [1.82, 2.24) is 20.4 Å². The van der Waals surface area contributed by atoms with Crippen molar-refractivity contribution in [2.75, 3.05) is 19.7 Å². The Balaban J connectivity index is 1.96. The first-order valence-electron chi connectivity index (χ1n) is 8.94. The summed E-state index contributed by atoms with van der Waals surface area (Å²) in [6.07, 6.45) is 2.65. The lowest BCUT2D eigenvalue weighted by atomic mass is 10.1. The van der Waals surface area contributed by atoms with Crippen LogP contribution in [0.4, 0.5) is 5.69 Å². The van der Waals surface area contributed by atoms with Crippen LogP contribution in [0.1, 0.15) is 25.0 Å². The molecule has 1 aromatic heterocycles. The lowest BCUT2D eigenvalue weighted by Gasteiger charge is -2.13. The third-order valence-corrected chi connectivity index (χ3v) is 3.74. The topological polar surface area (TPSA) is 107 Å². The average Bonchev–Trinajstić information content (AvgIpc) is 3.10. The monoisotopic (exact) mass is 374 g/mol. The zero-order chi connectivity index (χ0) is 19.6. The SMILES string of the molecule is CCNC(=NCc1ccc(C)cc1OCC)NCCn1cc([N+](=O)[O-])cn1. The van der Waals surface area contributed by atoms with Gasteiger partial charge < -0.3 is 15.4 Å². The normalized spacial score (nSPS) is 11.3. The predicted octanol–water partition coefficient (Wildman–Crippen LogP) is 2.25. The smallest absolute Gasteiger partial charge is 0.306 e. The number of ether oxygens (including phenoxy) is 1. The Morgan fingerprint density at radius 3 is 2.85 bits per heavy atom. The van der Waals surface area contributed by atoms with Crippen LogP contribution in [0.3, 0.4) is 0 Å². The lowest BCUT2D eigenvalue weighted by Crippen LogP contribution is -2.38. The van der Waals surface area contributed by atoms with E-state index in [4.69, 9.17) is 4.74 Å². The third kappa shape index (κ3) is 6.28. The second-order valence-electron chi connectivity index (χ2n) is 5.88. The van der Waals surface area contributed by atoms with Gasteiger partial charge in [-0.3, -0.25) is 14.8 Å². The van der Waals surface area contributed by atoms with E-state index in [2.05, 4.69) is 20.7 Å². The number of hydrogen-bond acceptors (Lipinski definition) is 5. The summed E-state index contributed by atoms with van der Waals surface area (Å²) in [5.74, 6) is 1.52. The second kappa shape index (κ2) is 10.1. The van der Waals surface area contributed by atoms with Crippen molar-refractivity contribution < 1.29 is 9.66 Å². The molecule has 0 amide bonds. The van der Waals surface area contributed by atoms with Crippen LogP contribution >= 0.6 is 0 Å². The van der Waals surface area contributed by atoms with E-state index in [9.17, 15) is 10.1 Å². The Kier molecular flexibility index (Phi) is 7.60. The molecule has 1 heterocycles. The van der Waals surface area contributed by atoms with Gasteiger partial charge in [-0.15, -0.1) is 0 Å². The van der Waals surface area contributed by atoms with Crippen LogP contribution < -0.4 is 15.4 Å². The van der Waals surface area contributed by atoms with Gasteiger partial charge in [0, 0.05) is 18.7 Å². The molecule has 9 heteroatoms. The summed E-state index contributed by atoms with van der Waals surface area (Å²) in [5, 5.41) is 21.1. The van der Waals surface area contributed by atoms with E-state index in [1.54, 1.807) is 0 Å². The molecule has 0 saturated heterocycles. The highest BCUT2D eigenvalue weighted by Crippen LogP contribution is 2.21. The standard InChI is InChI=1S/C18H26N6O3/c1-4-19-18(20-8-9-23-13-16(12-22-23)24(25)26)21-11-15-7-6-14(3)10-17(15)27-5-2/h6-7,10,12-13H,4-5,8-9,11H2,1-3H3,(H2,19,20,21). The van der Waals surface area contributed by atoms with E-state index in [1.807, 2.05) is 39.0 Å². The van der Waals surface area contributed by atoms with Crippen LogP contribution in [0, 0.1) is 17.0 Å². The van der Waals surface area contributed by atoms with Crippen molar-refractivity contribution in [2.45, 2.75) is 33.9 Å². The highest BCUT2D eigenvalue weighted by molar-refractivity contribution is 5.79. The Morgan fingerprint density at radius 1 is 1.37 bits per heavy atom. The van der Waals surface area contributed by atoms with Crippen molar-refractivity contribution in [3.05, 3.63) is 51.8 Å². The molecule has 0 unspecified atom stereocenters. The number of rotatable bonds is 9. The molecule has 2 N–H and O–H groups in total. The summed E-state index contributed by atoms with van der Waals surface area (Å²) >= 11 is 0. The molecule has 0 radical (unpaired) electrons. The van der Waals surface area contributed by atoms with Crippen LogP contribution in [-0.4, -0.2) is 40.4 Å². The van der Waals surface area contributed by atoms with Gasteiger partial charge in [0.25, 0.3) is 0 Å². The van der Waals surface area contributed by atoms with E-state index in [0.29, 0.717) is 32.2 Å². The van der Waals surface area contributed by atoms with Gasteiger partial charge in [-0.2, -0.15) is 5.10 Å². The zero-order valence-electron chi connectivity index (χ0n) is 15.9. The molecule has 0 saturated carbocycles. The fraction of sp³-hybridized carbons (Fsp3) is 0.444. The van der Waals surface area contributed by atoms with Gasteiger partial charge in [-0.1, -0.05) is 12.1 Å². The van der Waals surface area contributed by atoms with Gasteiger partial charge in [0.2, 0.25) is 0 Å². The minimum absolute atomic E-state index is 0.0154. The van der Waals surface area contributed by atoms with Gasteiger partial charge in [0.1, 0.15) is 18.1 Å². The van der Waals surface area contributed by atoms with E-state index in [0.717, 1.165) is 23.4 Å².